The summed E-state index contributed by atoms with van der Waals surface area (Å²) >= 11 is 0. The maximum atomic E-state index is 12.0. The molecule has 0 radical (unpaired) electrons. The van der Waals surface area contributed by atoms with Crippen molar-refractivity contribution < 1.29 is 9.59 Å². The Bertz CT molecular complexity index is 616. The van der Waals surface area contributed by atoms with Gasteiger partial charge in [-0.2, -0.15) is 0 Å². The minimum atomic E-state index is -0.374. The average molecular weight is 268 g/mol. The number of aryl methyl sites for hydroxylation is 1. The van der Waals surface area contributed by atoms with Crippen LogP contribution in [0.5, 0.6) is 0 Å². The van der Waals surface area contributed by atoms with Crippen molar-refractivity contribution >= 4 is 17.5 Å². The van der Waals surface area contributed by atoms with E-state index in [9.17, 15) is 9.59 Å². The van der Waals surface area contributed by atoms with Crippen LogP contribution in [0.15, 0.2) is 48.5 Å². The van der Waals surface area contributed by atoms with Gasteiger partial charge in [0.2, 0.25) is 5.91 Å². The normalized spacial score (nSPS) is 10.1. The fourth-order valence-corrected chi connectivity index (χ4v) is 1.82. The van der Waals surface area contributed by atoms with Crippen LogP contribution in [0.3, 0.4) is 0 Å². The molecule has 2 aromatic rings. The molecule has 2 rings (SSSR count). The van der Waals surface area contributed by atoms with Crippen molar-refractivity contribution in [3.8, 4) is 0 Å². The van der Waals surface area contributed by atoms with E-state index in [0.29, 0.717) is 11.3 Å². The Morgan fingerprint density at radius 2 is 1.60 bits per heavy atom. The number of rotatable bonds is 4. The lowest BCUT2D eigenvalue weighted by Gasteiger charge is -2.06. The van der Waals surface area contributed by atoms with E-state index in [-0.39, 0.29) is 18.2 Å². The number of amides is 2. The Morgan fingerprint density at radius 3 is 2.15 bits per heavy atom. The molecule has 0 aliphatic rings. The molecule has 0 aliphatic carbocycles. The molecule has 2 aromatic carbocycles. The van der Waals surface area contributed by atoms with Gasteiger partial charge in [0, 0.05) is 11.3 Å². The molecule has 0 heterocycles. The fraction of sp³-hybridized carbons (Fsp3) is 0.125. The van der Waals surface area contributed by atoms with Crippen LogP contribution < -0.4 is 11.1 Å². The molecule has 0 fully saturated rings. The lowest BCUT2D eigenvalue weighted by molar-refractivity contribution is -0.117. The third-order valence-electron chi connectivity index (χ3n) is 2.90. The van der Waals surface area contributed by atoms with Gasteiger partial charge in [-0.15, -0.1) is 0 Å². The first-order valence-electron chi connectivity index (χ1n) is 6.30. The first-order valence-corrected chi connectivity index (χ1v) is 6.30. The summed E-state index contributed by atoms with van der Waals surface area (Å²) in [5, 5.41) is 2.80. The number of carbonyl (C=O) groups is 2. The zero-order chi connectivity index (χ0) is 14.5. The first kappa shape index (κ1) is 13.8. The van der Waals surface area contributed by atoms with E-state index in [1.165, 1.54) is 0 Å². The van der Waals surface area contributed by atoms with E-state index < -0.39 is 0 Å². The molecule has 0 aromatic heterocycles. The van der Waals surface area contributed by atoms with E-state index in [1.54, 1.807) is 36.4 Å². The summed E-state index contributed by atoms with van der Waals surface area (Å²) in [6, 6.07) is 14.4. The number of carbonyl (C=O) groups excluding carboxylic acids is 2. The van der Waals surface area contributed by atoms with Crippen molar-refractivity contribution in [1.29, 1.82) is 0 Å². The van der Waals surface area contributed by atoms with E-state index in [4.69, 9.17) is 5.73 Å². The number of hydrogen-bond donors (Lipinski definition) is 2. The molecule has 0 saturated carbocycles. The molecule has 4 heteroatoms. The summed E-state index contributed by atoms with van der Waals surface area (Å²) in [4.78, 5) is 22.8. The molecule has 0 saturated heterocycles. The van der Waals surface area contributed by atoms with Crippen LogP contribution in [-0.4, -0.2) is 11.8 Å². The van der Waals surface area contributed by atoms with Crippen LogP contribution >= 0.6 is 0 Å². The van der Waals surface area contributed by atoms with Gasteiger partial charge in [0.05, 0.1) is 6.42 Å². The molecular weight excluding hydrogens is 252 g/mol. The van der Waals surface area contributed by atoms with Crippen LogP contribution in [0.4, 0.5) is 5.69 Å². The largest absolute Gasteiger partial charge is 0.369 e. The number of anilines is 1. The second kappa shape index (κ2) is 6.02. The number of nitrogens with two attached hydrogens (primary N) is 1. The molecule has 102 valence electrons. The maximum Gasteiger partial charge on any atom is 0.255 e. The van der Waals surface area contributed by atoms with Crippen molar-refractivity contribution in [1.82, 2.24) is 0 Å². The highest BCUT2D eigenvalue weighted by atomic mass is 16.2. The van der Waals surface area contributed by atoms with Gasteiger partial charge in [-0.25, -0.2) is 0 Å². The highest BCUT2D eigenvalue weighted by Crippen LogP contribution is 2.12. The number of benzene rings is 2. The van der Waals surface area contributed by atoms with Gasteiger partial charge < -0.3 is 11.1 Å². The molecular formula is C16H16N2O2. The highest BCUT2D eigenvalue weighted by molar-refractivity contribution is 6.04. The number of hydrogen-bond acceptors (Lipinski definition) is 2. The van der Waals surface area contributed by atoms with Crippen LogP contribution in [0.1, 0.15) is 21.5 Å². The van der Waals surface area contributed by atoms with Crippen LogP contribution in [0.2, 0.25) is 0 Å². The smallest absolute Gasteiger partial charge is 0.255 e. The van der Waals surface area contributed by atoms with E-state index in [2.05, 4.69) is 5.32 Å². The second-order valence-corrected chi connectivity index (χ2v) is 4.66. The molecule has 3 N–H and O–H groups in total. The first-order chi connectivity index (χ1) is 9.54. The van der Waals surface area contributed by atoms with Crippen molar-refractivity contribution in [2.45, 2.75) is 13.3 Å². The molecule has 0 atom stereocenters. The zero-order valence-corrected chi connectivity index (χ0v) is 11.2. The lowest BCUT2D eigenvalue weighted by atomic mass is 10.1. The zero-order valence-electron chi connectivity index (χ0n) is 11.2. The predicted octanol–water partition coefficient (Wildman–Crippen LogP) is 2.28. The van der Waals surface area contributed by atoms with Crippen LogP contribution in [0.25, 0.3) is 0 Å². The van der Waals surface area contributed by atoms with E-state index in [0.717, 1.165) is 11.1 Å². The Balaban J connectivity index is 2.04. The van der Waals surface area contributed by atoms with E-state index >= 15 is 0 Å². The van der Waals surface area contributed by atoms with Crippen molar-refractivity contribution in [3.05, 3.63) is 65.2 Å². The number of primary amides is 1. The SMILES string of the molecule is Cc1ccc(C(=O)Nc2ccc(CC(N)=O)cc2)cc1. The minimum Gasteiger partial charge on any atom is -0.369 e. The molecule has 0 spiro atoms. The summed E-state index contributed by atoms with van der Waals surface area (Å²) in [5.74, 6) is -0.533. The molecule has 2 amide bonds. The summed E-state index contributed by atoms with van der Waals surface area (Å²) in [5.41, 5.74) is 8.35. The third-order valence-corrected chi connectivity index (χ3v) is 2.90. The topological polar surface area (TPSA) is 72.2 Å². The van der Waals surface area contributed by atoms with Gasteiger partial charge in [0.25, 0.3) is 5.91 Å². The Kier molecular flexibility index (Phi) is 4.15. The van der Waals surface area contributed by atoms with Crippen molar-refractivity contribution in [3.63, 3.8) is 0 Å². The summed E-state index contributed by atoms with van der Waals surface area (Å²) in [6.07, 6.45) is 0.201. The Morgan fingerprint density at radius 1 is 1.00 bits per heavy atom. The summed E-state index contributed by atoms with van der Waals surface area (Å²) in [6.45, 7) is 1.97. The van der Waals surface area contributed by atoms with Crippen molar-refractivity contribution in [2.24, 2.45) is 5.73 Å². The van der Waals surface area contributed by atoms with Gasteiger partial charge in [-0.1, -0.05) is 29.8 Å². The Labute approximate surface area is 117 Å². The summed E-state index contributed by atoms with van der Waals surface area (Å²) in [7, 11) is 0. The monoisotopic (exact) mass is 268 g/mol. The molecule has 20 heavy (non-hydrogen) atoms. The minimum absolute atomic E-state index is 0.160. The van der Waals surface area contributed by atoms with Gasteiger partial charge in [-0.3, -0.25) is 9.59 Å². The number of nitrogens with one attached hydrogen (secondary N) is 1. The maximum absolute atomic E-state index is 12.0. The van der Waals surface area contributed by atoms with Gasteiger partial charge in [0.1, 0.15) is 0 Å². The predicted molar refractivity (Wildman–Crippen MR) is 78.5 cm³/mol. The molecule has 0 bridgehead atoms. The van der Waals surface area contributed by atoms with Crippen LogP contribution in [-0.2, 0) is 11.2 Å². The lowest BCUT2D eigenvalue weighted by Crippen LogP contribution is -2.14. The molecule has 0 aliphatic heterocycles. The van der Waals surface area contributed by atoms with Crippen LogP contribution in [0, 0.1) is 6.92 Å². The average Bonchev–Trinajstić information content (AvgIpc) is 2.41. The second-order valence-electron chi connectivity index (χ2n) is 4.66. The summed E-state index contributed by atoms with van der Waals surface area (Å²) < 4.78 is 0. The van der Waals surface area contributed by atoms with Gasteiger partial charge >= 0.3 is 0 Å². The Hall–Kier alpha value is -2.62. The fourth-order valence-electron chi connectivity index (χ4n) is 1.82. The molecule has 0 unspecified atom stereocenters. The van der Waals surface area contributed by atoms with Gasteiger partial charge in [0.15, 0.2) is 0 Å². The quantitative estimate of drug-likeness (QED) is 0.892. The third kappa shape index (κ3) is 3.68. The standard InChI is InChI=1S/C16H16N2O2/c1-11-2-6-13(7-3-11)16(20)18-14-8-4-12(5-9-14)10-15(17)19/h2-9H,10H2,1H3,(H2,17,19)(H,18,20). The highest BCUT2D eigenvalue weighted by Gasteiger charge is 2.05. The molecule has 4 nitrogen and oxygen atoms in total. The van der Waals surface area contributed by atoms with Gasteiger partial charge in [-0.05, 0) is 36.8 Å². The van der Waals surface area contributed by atoms with Crippen molar-refractivity contribution in [2.75, 3.05) is 5.32 Å². The van der Waals surface area contributed by atoms with E-state index in [1.807, 2.05) is 19.1 Å².